The Balaban J connectivity index is 3.12. The average molecular weight is 246 g/mol. The monoisotopic (exact) mass is 245 g/mol. The molecule has 0 spiro atoms. The fourth-order valence-corrected chi connectivity index (χ4v) is 1.35. The van der Waals surface area contributed by atoms with E-state index in [2.05, 4.69) is 12.2 Å². The van der Waals surface area contributed by atoms with Gasteiger partial charge in [0.25, 0.3) is 0 Å². The molecule has 5 heteroatoms. The van der Waals surface area contributed by atoms with Crippen molar-refractivity contribution in [1.82, 2.24) is 5.32 Å². The third kappa shape index (κ3) is 12.0. The van der Waals surface area contributed by atoms with Gasteiger partial charge in [0.15, 0.2) is 0 Å². The summed E-state index contributed by atoms with van der Waals surface area (Å²) < 4.78 is 35.2. The van der Waals surface area contributed by atoms with Gasteiger partial charge >= 0.3 is 6.18 Å². The first kappa shape index (κ1) is 15.0. The largest absolute Gasteiger partial charge is 0.389 e. The zero-order chi connectivity index (χ0) is 11.7. The highest BCUT2D eigenvalue weighted by Crippen LogP contribution is 2.20. The average Bonchev–Trinajstić information content (AvgIpc) is 2.14. The molecule has 0 heterocycles. The third-order valence-corrected chi connectivity index (χ3v) is 2.65. The van der Waals surface area contributed by atoms with Gasteiger partial charge in [-0.05, 0) is 38.3 Å². The molecule has 0 saturated carbocycles. The van der Waals surface area contributed by atoms with E-state index in [0.29, 0.717) is 18.3 Å². The fraction of sp³-hybridized carbons (Fsp3) is 1.00. The van der Waals surface area contributed by atoms with E-state index in [1.165, 1.54) is 0 Å². The van der Waals surface area contributed by atoms with E-state index in [-0.39, 0.29) is 6.42 Å². The van der Waals surface area contributed by atoms with E-state index in [1.54, 1.807) is 0 Å². The van der Waals surface area contributed by atoms with Crippen LogP contribution in [0.15, 0.2) is 0 Å². The summed E-state index contributed by atoms with van der Waals surface area (Å²) in [6.45, 7) is 3.28. The van der Waals surface area contributed by atoms with Crippen molar-refractivity contribution in [3.05, 3.63) is 0 Å². The Morgan fingerprint density at radius 3 is 2.33 bits per heavy atom. The zero-order valence-electron chi connectivity index (χ0n) is 9.04. The molecule has 92 valence electrons. The van der Waals surface area contributed by atoms with Crippen LogP contribution < -0.4 is 5.32 Å². The summed E-state index contributed by atoms with van der Waals surface area (Å²) in [6, 6.07) is 0. The maximum absolute atomic E-state index is 11.7. The summed E-state index contributed by atoms with van der Waals surface area (Å²) in [5, 5.41) is 2.99. The number of hydrogen-bond acceptors (Lipinski definition) is 1. The maximum atomic E-state index is 11.7. The molecule has 15 heavy (non-hydrogen) atoms. The molecule has 0 amide bonds. The van der Waals surface area contributed by atoms with E-state index in [4.69, 9.17) is 11.6 Å². The molecule has 1 N–H and O–H groups in total. The second-order valence-electron chi connectivity index (χ2n) is 3.87. The van der Waals surface area contributed by atoms with Crippen molar-refractivity contribution in [3.8, 4) is 0 Å². The quantitative estimate of drug-likeness (QED) is 0.509. The van der Waals surface area contributed by atoms with Gasteiger partial charge in [-0.25, -0.2) is 0 Å². The standard InChI is InChI=1S/C10H19ClF3N/c1-9(8-11)4-2-6-15-7-3-5-10(12,13)14/h9,15H,2-8H2,1H3. The van der Waals surface area contributed by atoms with Crippen LogP contribution in [0.3, 0.4) is 0 Å². The van der Waals surface area contributed by atoms with Crippen molar-refractivity contribution in [2.45, 2.75) is 38.8 Å². The summed E-state index contributed by atoms with van der Waals surface area (Å²) in [7, 11) is 0. The van der Waals surface area contributed by atoms with Gasteiger partial charge < -0.3 is 5.32 Å². The first-order chi connectivity index (χ1) is 6.95. The molecular formula is C10H19ClF3N. The molecule has 0 aromatic heterocycles. The molecule has 0 fully saturated rings. The first-order valence-corrected chi connectivity index (χ1v) is 5.82. The van der Waals surface area contributed by atoms with Gasteiger partial charge in [0.2, 0.25) is 0 Å². The minimum absolute atomic E-state index is 0.161. The van der Waals surface area contributed by atoms with Crippen molar-refractivity contribution in [2.24, 2.45) is 5.92 Å². The Morgan fingerprint density at radius 2 is 1.80 bits per heavy atom. The van der Waals surface area contributed by atoms with Gasteiger partial charge in [0, 0.05) is 12.3 Å². The van der Waals surface area contributed by atoms with Crippen LogP contribution in [0, 0.1) is 5.92 Å². The molecule has 0 radical (unpaired) electrons. The van der Waals surface area contributed by atoms with Gasteiger partial charge in [-0.1, -0.05) is 6.92 Å². The predicted octanol–water partition coefficient (Wildman–Crippen LogP) is 3.57. The second kappa shape index (κ2) is 8.22. The zero-order valence-corrected chi connectivity index (χ0v) is 9.79. The lowest BCUT2D eigenvalue weighted by molar-refractivity contribution is -0.135. The van der Waals surface area contributed by atoms with E-state index < -0.39 is 12.6 Å². The van der Waals surface area contributed by atoms with Crippen LogP contribution in [0.5, 0.6) is 0 Å². The molecule has 1 unspecified atom stereocenters. The molecule has 1 nitrogen and oxygen atoms in total. The highest BCUT2D eigenvalue weighted by Gasteiger charge is 2.25. The number of halogens is 4. The third-order valence-electron chi connectivity index (χ3n) is 2.13. The van der Waals surface area contributed by atoms with Crippen LogP contribution in [0.2, 0.25) is 0 Å². The molecule has 1 atom stereocenters. The van der Waals surface area contributed by atoms with Crippen molar-refractivity contribution < 1.29 is 13.2 Å². The van der Waals surface area contributed by atoms with E-state index in [9.17, 15) is 13.2 Å². The molecule has 0 rings (SSSR count). The Bertz CT molecular complexity index is 150. The van der Waals surface area contributed by atoms with Crippen LogP contribution in [-0.2, 0) is 0 Å². The van der Waals surface area contributed by atoms with E-state index in [1.807, 2.05) is 0 Å². The van der Waals surface area contributed by atoms with Crippen molar-refractivity contribution >= 4 is 11.6 Å². The molecule has 0 aliphatic carbocycles. The van der Waals surface area contributed by atoms with Gasteiger partial charge in [0.05, 0.1) is 0 Å². The fourth-order valence-electron chi connectivity index (χ4n) is 1.19. The van der Waals surface area contributed by atoms with Crippen LogP contribution in [-0.4, -0.2) is 25.1 Å². The summed E-state index contributed by atoms with van der Waals surface area (Å²) >= 11 is 5.62. The van der Waals surface area contributed by atoms with Gasteiger partial charge in [-0.3, -0.25) is 0 Å². The number of rotatable bonds is 8. The van der Waals surface area contributed by atoms with Gasteiger partial charge in [-0.2, -0.15) is 13.2 Å². The first-order valence-electron chi connectivity index (χ1n) is 5.29. The van der Waals surface area contributed by atoms with Crippen molar-refractivity contribution in [3.63, 3.8) is 0 Å². The smallest absolute Gasteiger partial charge is 0.317 e. The van der Waals surface area contributed by atoms with Crippen LogP contribution >= 0.6 is 11.6 Å². The van der Waals surface area contributed by atoms with E-state index in [0.717, 1.165) is 19.4 Å². The molecular weight excluding hydrogens is 227 g/mol. The van der Waals surface area contributed by atoms with Gasteiger partial charge in [-0.15, -0.1) is 11.6 Å². The molecule has 0 saturated heterocycles. The lowest BCUT2D eigenvalue weighted by Gasteiger charge is -2.09. The minimum atomic E-state index is -4.02. The number of alkyl halides is 4. The molecule has 0 aliphatic rings. The summed E-state index contributed by atoms with van der Waals surface area (Å²) in [5.74, 6) is 1.14. The van der Waals surface area contributed by atoms with Crippen LogP contribution in [0.25, 0.3) is 0 Å². The lowest BCUT2D eigenvalue weighted by atomic mass is 10.1. The minimum Gasteiger partial charge on any atom is -0.317 e. The predicted molar refractivity (Wildman–Crippen MR) is 57.3 cm³/mol. The lowest BCUT2D eigenvalue weighted by Crippen LogP contribution is -2.19. The highest BCUT2D eigenvalue weighted by atomic mass is 35.5. The molecule has 0 bridgehead atoms. The molecule has 0 aliphatic heterocycles. The molecule has 0 aromatic carbocycles. The number of nitrogens with one attached hydrogen (secondary N) is 1. The summed E-state index contributed by atoms with van der Waals surface area (Å²) in [4.78, 5) is 0. The summed E-state index contributed by atoms with van der Waals surface area (Å²) in [5.41, 5.74) is 0. The van der Waals surface area contributed by atoms with Crippen LogP contribution in [0.4, 0.5) is 13.2 Å². The Labute approximate surface area is 94.4 Å². The SMILES string of the molecule is CC(CCl)CCCNCCCC(F)(F)F. The second-order valence-corrected chi connectivity index (χ2v) is 4.18. The highest BCUT2D eigenvalue weighted by molar-refractivity contribution is 6.18. The number of hydrogen-bond donors (Lipinski definition) is 1. The topological polar surface area (TPSA) is 12.0 Å². The van der Waals surface area contributed by atoms with Crippen LogP contribution in [0.1, 0.15) is 32.6 Å². The Hall–Kier alpha value is 0.0400. The van der Waals surface area contributed by atoms with E-state index >= 15 is 0 Å². The normalized spacial score (nSPS) is 14.2. The Kier molecular flexibility index (Phi) is 8.24. The summed E-state index contributed by atoms with van der Waals surface area (Å²) in [6.07, 6.45) is -2.56. The van der Waals surface area contributed by atoms with Crippen molar-refractivity contribution in [1.29, 1.82) is 0 Å². The van der Waals surface area contributed by atoms with Crippen molar-refractivity contribution in [2.75, 3.05) is 19.0 Å². The maximum Gasteiger partial charge on any atom is 0.389 e. The van der Waals surface area contributed by atoms with Gasteiger partial charge in [0.1, 0.15) is 0 Å². The molecule has 0 aromatic rings. The Morgan fingerprint density at radius 1 is 1.20 bits per heavy atom.